The third-order valence-electron chi connectivity index (χ3n) is 4.26. The van der Waals surface area contributed by atoms with E-state index in [2.05, 4.69) is 15.2 Å². The number of H-pyrrole nitrogens is 1. The quantitative estimate of drug-likeness (QED) is 0.652. The lowest BCUT2D eigenvalue weighted by Gasteiger charge is -2.29. The molecule has 0 fully saturated rings. The smallest absolute Gasteiger partial charge is 0.354 e. The van der Waals surface area contributed by atoms with Crippen LogP contribution in [-0.2, 0) is 15.1 Å². The molecule has 0 spiro atoms. The summed E-state index contributed by atoms with van der Waals surface area (Å²) in [6.07, 6.45) is 3.56. The number of carbonyl (C=O) groups excluding carboxylic acids is 2. The lowest BCUT2D eigenvalue weighted by molar-refractivity contribution is 0.0595. The van der Waals surface area contributed by atoms with Gasteiger partial charge in [0.05, 0.1) is 12.7 Å². The standard InChI is InChI=1S/C18H18N2O4/c1-3-18(13-7-5-4-6-8-13)14(11-24-20-18)16(21)12-9-15(19-10-12)17(22)23-2/h4-11,19-20H,3H2,1-2H3. The number of hydrogen-bond acceptors (Lipinski definition) is 5. The molecule has 2 aromatic rings. The number of nitrogens with one attached hydrogen (secondary N) is 2. The molecule has 0 saturated heterocycles. The minimum absolute atomic E-state index is 0.211. The van der Waals surface area contributed by atoms with Gasteiger partial charge in [0.15, 0.2) is 5.78 Å². The summed E-state index contributed by atoms with van der Waals surface area (Å²) < 4.78 is 4.65. The van der Waals surface area contributed by atoms with Crippen molar-refractivity contribution in [1.29, 1.82) is 0 Å². The van der Waals surface area contributed by atoms with Gasteiger partial charge in [-0.15, -0.1) is 5.48 Å². The van der Waals surface area contributed by atoms with Crippen LogP contribution in [0.1, 0.15) is 39.8 Å². The van der Waals surface area contributed by atoms with Gasteiger partial charge in [-0.2, -0.15) is 0 Å². The molecule has 1 aliphatic heterocycles. The summed E-state index contributed by atoms with van der Waals surface area (Å²) >= 11 is 0. The van der Waals surface area contributed by atoms with Crippen molar-refractivity contribution in [2.45, 2.75) is 18.9 Å². The summed E-state index contributed by atoms with van der Waals surface area (Å²) in [4.78, 5) is 32.6. The number of benzene rings is 1. The Morgan fingerprint density at radius 2 is 2.00 bits per heavy atom. The molecule has 1 atom stereocenters. The van der Waals surface area contributed by atoms with E-state index in [-0.39, 0.29) is 11.5 Å². The molecule has 0 amide bonds. The summed E-state index contributed by atoms with van der Waals surface area (Å²) in [5.41, 5.74) is 4.28. The maximum absolute atomic E-state index is 13.0. The monoisotopic (exact) mass is 326 g/mol. The zero-order chi connectivity index (χ0) is 17.2. The van der Waals surface area contributed by atoms with E-state index in [1.165, 1.54) is 25.6 Å². The molecule has 1 aromatic heterocycles. The molecule has 1 unspecified atom stereocenters. The van der Waals surface area contributed by atoms with E-state index in [0.717, 1.165) is 5.56 Å². The van der Waals surface area contributed by atoms with Crippen LogP contribution in [0.3, 0.4) is 0 Å². The highest BCUT2D eigenvalue weighted by Crippen LogP contribution is 2.38. The predicted molar refractivity (Wildman–Crippen MR) is 87.2 cm³/mol. The second-order valence-corrected chi connectivity index (χ2v) is 5.50. The van der Waals surface area contributed by atoms with Crippen LogP contribution in [0.15, 0.2) is 54.4 Å². The van der Waals surface area contributed by atoms with Gasteiger partial charge in [-0.25, -0.2) is 4.79 Å². The number of esters is 1. The van der Waals surface area contributed by atoms with Gasteiger partial charge in [0.1, 0.15) is 17.5 Å². The summed E-state index contributed by atoms with van der Waals surface area (Å²) in [5.74, 6) is -0.731. The maximum atomic E-state index is 13.0. The van der Waals surface area contributed by atoms with Crippen LogP contribution in [0.2, 0.25) is 0 Å². The molecular formula is C18H18N2O4. The number of hydrogen-bond donors (Lipinski definition) is 2. The highest BCUT2D eigenvalue weighted by molar-refractivity contribution is 6.11. The topological polar surface area (TPSA) is 80.4 Å². The Kier molecular flexibility index (Phi) is 4.22. The maximum Gasteiger partial charge on any atom is 0.354 e. The van der Waals surface area contributed by atoms with E-state index in [1.54, 1.807) is 0 Å². The number of ketones is 1. The van der Waals surface area contributed by atoms with E-state index in [4.69, 9.17) is 4.84 Å². The number of aromatic amines is 1. The van der Waals surface area contributed by atoms with Gasteiger partial charge in [0, 0.05) is 11.8 Å². The summed E-state index contributed by atoms with van der Waals surface area (Å²) in [5, 5.41) is 0. The van der Waals surface area contributed by atoms with Crippen molar-refractivity contribution in [3.8, 4) is 0 Å². The van der Waals surface area contributed by atoms with Crippen LogP contribution < -0.4 is 5.48 Å². The van der Waals surface area contributed by atoms with Gasteiger partial charge in [0.25, 0.3) is 0 Å². The first-order valence-electron chi connectivity index (χ1n) is 7.63. The minimum Gasteiger partial charge on any atom is -0.464 e. The Bertz CT molecular complexity index is 794. The summed E-state index contributed by atoms with van der Waals surface area (Å²) in [6, 6.07) is 11.1. The molecule has 0 radical (unpaired) electrons. The lowest BCUT2D eigenvalue weighted by atomic mass is 9.79. The Labute approximate surface area is 139 Å². The molecule has 1 aliphatic rings. The Morgan fingerprint density at radius 3 is 2.67 bits per heavy atom. The third kappa shape index (κ3) is 2.51. The van der Waals surface area contributed by atoms with Crippen LogP contribution in [0.4, 0.5) is 0 Å². The van der Waals surface area contributed by atoms with E-state index in [9.17, 15) is 9.59 Å². The first-order chi connectivity index (χ1) is 11.6. The second kappa shape index (κ2) is 6.33. The summed E-state index contributed by atoms with van der Waals surface area (Å²) in [6.45, 7) is 1.98. The fourth-order valence-corrected chi connectivity index (χ4v) is 2.90. The molecule has 2 N–H and O–H groups in total. The van der Waals surface area contributed by atoms with E-state index in [0.29, 0.717) is 17.6 Å². The van der Waals surface area contributed by atoms with Crippen LogP contribution in [0.25, 0.3) is 0 Å². The Morgan fingerprint density at radius 1 is 1.25 bits per heavy atom. The number of aromatic nitrogens is 1. The Hall–Kier alpha value is -2.86. The van der Waals surface area contributed by atoms with Gasteiger partial charge < -0.3 is 14.6 Å². The molecule has 0 bridgehead atoms. The van der Waals surface area contributed by atoms with Crippen LogP contribution in [0.5, 0.6) is 0 Å². The number of hydroxylamine groups is 1. The Balaban J connectivity index is 1.97. The first-order valence-corrected chi connectivity index (χ1v) is 7.63. The molecular weight excluding hydrogens is 308 g/mol. The normalized spacial score (nSPS) is 19.5. The van der Waals surface area contributed by atoms with E-state index in [1.807, 2.05) is 37.3 Å². The number of rotatable bonds is 5. The average Bonchev–Trinajstić information content (AvgIpc) is 3.29. The number of ether oxygens (including phenoxy) is 1. The van der Waals surface area contributed by atoms with Crippen molar-refractivity contribution in [2.24, 2.45) is 0 Å². The zero-order valence-corrected chi connectivity index (χ0v) is 13.5. The van der Waals surface area contributed by atoms with E-state index >= 15 is 0 Å². The first kappa shape index (κ1) is 16.0. The largest absolute Gasteiger partial charge is 0.464 e. The highest BCUT2D eigenvalue weighted by Gasteiger charge is 2.43. The molecule has 3 rings (SSSR count). The zero-order valence-electron chi connectivity index (χ0n) is 13.5. The van der Waals surface area contributed by atoms with Crippen molar-refractivity contribution in [2.75, 3.05) is 7.11 Å². The van der Waals surface area contributed by atoms with Crippen molar-refractivity contribution >= 4 is 11.8 Å². The van der Waals surface area contributed by atoms with E-state index < -0.39 is 11.5 Å². The molecule has 6 heteroatoms. The third-order valence-corrected chi connectivity index (χ3v) is 4.26. The molecule has 0 aliphatic carbocycles. The van der Waals surface area contributed by atoms with Gasteiger partial charge in [0.2, 0.25) is 0 Å². The summed E-state index contributed by atoms with van der Waals surface area (Å²) in [7, 11) is 1.29. The predicted octanol–water partition coefficient (Wildman–Crippen LogP) is 2.71. The fourth-order valence-electron chi connectivity index (χ4n) is 2.90. The van der Waals surface area contributed by atoms with Crippen molar-refractivity contribution in [1.82, 2.24) is 10.5 Å². The van der Waals surface area contributed by atoms with Crippen LogP contribution in [0, 0.1) is 0 Å². The average molecular weight is 326 g/mol. The van der Waals surface area contributed by atoms with Gasteiger partial charge >= 0.3 is 5.97 Å². The lowest BCUT2D eigenvalue weighted by Crippen LogP contribution is -2.40. The van der Waals surface area contributed by atoms with Crippen molar-refractivity contribution < 1.29 is 19.2 Å². The van der Waals surface area contributed by atoms with Crippen molar-refractivity contribution in [3.63, 3.8) is 0 Å². The molecule has 124 valence electrons. The minimum atomic E-state index is -0.721. The highest BCUT2D eigenvalue weighted by atomic mass is 16.6. The molecule has 6 nitrogen and oxygen atoms in total. The molecule has 24 heavy (non-hydrogen) atoms. The number of Topliss-reactive ketones (excluding diaryl/α,β-unsaturated/α-hetero) is 1. The SMILES string of the molecule is CCC1(c2ccccc2)NOC=C1C(=O)c1c[nH]c(C(=O)OC)c1. The molecule has 1 aromatic carbocycles. The van der Waals surface area contributed by atoms with Gasteiger partial charge in [-0.05, 0) is 18.1 Å². The van der Waals surface area contributed by atoms with Crippen LogP contribution in [-0.4, -0.2) is 23.8 Å². The fraction of sp³-hybridized carbons (Fsp3) is 0.222. The molecule has 2 heterocycles. The number of methoxy groups -OCH3 is 1. The van der Waals surface area contributed by atoms with Gasteiger partial charge in [-0.1, -0.05) is 37.3 Å². The molecule has 0 saturated carbocycles. The van der Waals surface area contributed by atoms with Crippen LogP contribution >= 0.6 is 0 Å². The number of carbonyl (C=O) groups is 2. The second-order valence-electron chi connectivity index (χ2n) is 5.50. The van der Waals surface area contributed by atoms with Crippen molar-refractivity contribution in [3.05, 3.63) is 71.3 Å². The van der Waals surface area contributed by atoms with Gasteiger partial charge in [-0.3, -0.25) is 4.79 Å².